The zero-order valence-corrected chi connectivity index (χ0v) is 22.7. The molecule has 0 fully saturated rings. The molecule has 36 heavy (non-hydrogen) atoms. The maximum Gasteiger partial charge on any atom is 0.335 e. The molecule has 2 aromatic carbocycles. The first-order valence-corrected chi connectivity index (χ1v) is 13.3. The molecule has 0 bridgehead atoms. The van der Waals surface area contributed by atoms with Crippen LogP contribution in [0.3, 0.4) is 0 Å². The molecule has 0 unspecified atom stereocenters. The van der Waals surface area contributed by atoms with Gasteiger partial charge in [-0.2, -0.15) is 0 Å². The van der Waals surface area contributed by atoms with Gasteiger partial charge in [-0.3, -0.25) is 0 Å². The van der Waals surface area contributed by atoms with Crippen molar-refractivity contribution in [3.05, 3.63) is 111 Å². The van der Waals surface area contributed by atoms with Crippen LogP contribution in [0.1, 0.15) is 81.5 Å². The Balaban J connectivity index is 2.17. The van der Waals surface area contributed by atoms with Gasteiger partial charge in [0.2, 0.25) is 0 Å². The molecule has 0 atom stereocenters. The summed E-state index contributed by atoms with van der Waals surface area (Å²) >= 11 is 6.27. The number of carbonyl (C=O) groups is 1. The molecule has 0 saturated carbocycles. The number of carboxylic acid groups (broad SMARTS) is 1. The second-order valence-corrected chi connectivity index (χ2v) is 9.79. The average molecular weight is 501 g/mol. The van der Waals surface area contributed by atoms with Crippen LogP contribution in [-0.2, 0) is 4.79 Å². The normalized spacial score (nSPS) is 15.3. The van der Waals surface area contributed by atoms with E-state index in [1.165, 1.54) is 22.3 Å². The van der Waals surface area contributed by atoms with Crippen LogP contribution in [0.15, 0.2) is 83.5 Å². The monoisotopic (exact) mass is 500 g/mol. The highest BCUT2D eigenvalue weighted by Gasteiger charge is 2.17. The lowest BCUT2D eigenvalue weighted by Crippen LogP contribution is -1.98. The van der Waals surface area contributed by atoms with E-state index in [2.05, 4.69) is 63.3 Å². The first-order chi connectivity index (χ1) is 17.4. The first kappa shape index (κ1) is 27.5. The maximum atomic E-state index is 11.8. The lowest BCUT2D eigenvalue weighted by Gasteiger charge is -2.15. The lowest BCUT2D eigenvalue weighted by atomic mass is 9.89. The van der Waals surface area contributed by atoms with Crippen LogP contribution in [0.25, 0.3) is 17.2 Å². The number of benzene rings is 2. The number of hydrogen-bond donors (Lipinski definition) is 1. The third kappa shape index (κ3) is 7.21. The van der Waals surface area contributed by atoms with Gasteiger partial charge in [0.15, 0.2) is 0 Å². The molecule has 0 amide bonds. The highest BCUT2D eigenvalue weighted by atomic mass is 35.5. The van der Waals surface area contributed by atoms with Gasteiger partial charge in [-0.1, -0.05) is 92.1 Å². The number of hydrogen-bond acceptors (Lipinski definition) is 1. The molecule has 188 valence electrons. The summed E-state index contributed by atoms with van der Waals surface area (Å²) in [5.41, 5.74) is 9.92. The Morgan fingerprint density at radius 2 is 1.81 bits per heavy atom. The summed E-state index contributed by atoms with van der Waals surface area (Å²) < 4.78 is 0. The Kier molecular flexibility index (Phi) is 10.1. The fourth-order valence-electron chi connectivity index (χ4n) is 4.79. The van der Waals surface area contributed by atoms with Crippen molar-refractivity contribution in [1.82, 2.24) is 0 Å². The molecule has 1 aliphatic carbocycles. The zero-order valence-electron chi connectivity index (χ0n) is 21.9. The first-order valence-electron chi connectivity index (χ1n) is 12.9. The van der Waals surface area contributed by atoms with E-state index in [0.29, 0.717) is 5.57 Å². The van der Waals surface area contributed by atoms with Gasteiger partial charge in [-0.25, -0.2) is 4.79 Å². The van der Waals surface area contributed by atoms with Gasteiger partial charge in [-0.05, 0) is 103 Å². The van der Waals surface area contributed by atoms with E-state index < -0.39 is 5.97 Å². The van der Waals surface area contributed by atoms with E-state index in [1.54, 1.807) is 12.2 Å². The lowest BCUT2D eigenvalue weighted by molar-refractivity contribution is -0.132. The predicted octanol–water partition coefficient (Wildman–Crippen LogP) is 9.85. The number of rotatable bonds is 9. The van der Waals surface area contributed by atoms with Crippen LogP contribution in [0.4, 0.5) is 0 Å². The van der Waals surface area contributed by atoms with Crippen LogP contribution in [0.5, 0.6) is 0 Å². The van der Waals surface area contributed by atoms with Gasteiger partial charge in [0.1, 0.15) is 0 Å². The van der Waals surface area contributed by atoms with Gasteiger partial charge >= 0.3 is 5.97 Å². The SMILES string of the molecule is C/C=C\C(=C/C1=CC(c2ccc(/C=C(\CC)CCC)cc2)=C(c2ccc(Cl)cc2C)CCC1)C(=O)O. The maximum absolute atomic E-state index is 11.8. The van der Waals surface area contributed by atoms with Gasteiger partial charge in [0, 0.05) is 5.02 Å². The molecule has 2 nitrogen and oxygen atoms in total. The van der Waals surface area contributed by atoms with Crippen molar-refractivity contribution in [3.8, 4) is 0 Å². The van der Waals surface area contributed by atoms with Crippen molar-refractivity contribution in [2.45, 2.75) is 66.2 Å². The van der Waals surface area contributed by atoms with E-state index in [9.17, 15) is 9.90 Å². The Hall–Kier alpha value is -3.10. The van der Waals surface area contributed by atoms with Crippen LogP contribution in [0, 0.1) is 6.92 Å². The van der Waals surface area contributed by atoms with Crippen molar-refractivity contribution in [2.75, 3.05) is 0 Å². The molecule has 1 aliphatic rings. The summed E-state index contributed by atoms with van der Waals surface area (Å²) in [6.45, 7) is 8.37. The molecule has 3 rings (SSSR count). The third-order valence-electron chi connectivity index (χ3n) is 6.61. The molecule has 3 heteroatoms. The number of carboxylic acids is 1. The molecule has 0 aliphatic heterocycles. The van der Waals surface area contributed by atoms with Gasteiger partial charge < -0.3 is 5.11 Å². The molecule has 1 N–H and O–H groups in total. The summed E-state index contributed by atoms with van der Waals surface area (Å²) in [5.74, 6) is -0.910. The van der Waals surface area contributed by atoms with E-state index in [-0.39, 0.29) is 0 Å². The summed E-state index contributed by atoms with van der Waals surface area (Å²) in [5, 5.41) is 10.4. The molecule has 0 heterocycles. The number of aryl methyl sites for hydroxylation is 1. The number of halogens is 1. The highest BCUT2D eigenvalue weighted by Crippen LogP contribution is 2.38. The largest absolute Gasteiger partial charge is 0.478 e. The average Bonchev–Trinajstić information content (AvgIpc) is 3.06. The standard InChI is InChI=1S/C33H37ClO2/c1-5-9-24(7-3)20-25-13-15-27(16-14-25)32-22-26(21-28(10-6-2)33(35)36)11-8-12-31(32)30-18-17-29(34)19-23(30)4/h6,10,13-22H,5,7-9,11-12H2,1-4H3,(H,35,36)/b10-6-,24-20+,28-21+. The minimum absolute atomic E-state index is 0.303. The van der Waals surface area contributed by atoms with Gasteiger partial charge in [-0.15, -0.1) is 0 Å². The quantitative estimate of drug-likeness (QED) is 0.274. The van der Waals surface area contributed by atoms with Crippen LogP contribution >= 0.6 is 11.6 Å². The van der Waals surface area contributed by atoms with Crippen LogP contribution in [-0.4, -0.2) is 11.1 Å². The molecular weight excluding hydrogens is 464 g/mol. The van der Waals surface area contributed by atoms with Crippen LogP contribution < -0.4 is 0 Å². The Morgan fingerprint density at radius 1 is 1.06 bits per heavy atom. The van der Waals surface area contributed by atoms with Crippen molar-refractivity contribution >= 4 is 34.8 Å². The molecule has 0 aromatic heterocycles. The van der Waals surface area contributed by atoms with E-state index in [1.807, 2.05) is 25.1 Å². The third-order valence-corrected chi connectivity index (χ3v) is 6.85. The minimum Gasteiger partial charge on any atom is -0.478 e. The van der Waals surface area contributed by atoms with Crippen molar-refractivity contribution < 1.29 is 9.90 Å². The van der Waals surface area contributed by atoms with Gasteiger partial charge in [0.05, 0.1) is 5.57 Å². The highest BCUT2D eigenvalue weighted by molar-refractivity contribution is 6.30. The number of allylic oxidation sites excluding steroid dienone is 7. The summed E-state index contributed by atoms with van der Waals surface area (Å²) in [7, 11) is 0. The minimum atomic E-state index is -0.910. The zero-order chi connectivity index (χ0) is 26.1. The Morgan fingerprint density at radius 3 is 2.42 bits per heavy atom. The fraction of sp³-hybridized carbons (Fsp3) is 0.303. The smallest absolute Gasteiger partial charge is 0.335 e. The topological polar surface area (TPSA) is 37.3 Å². The molecule has 0 spiro atoms. The Bertz CT molecular complexity index is 1240. The predicted molar refractivity (Wildman–Crippen MR) is 155 cm³/mol. The summed E-state index contributed by atoms with van der Waals surface area (Å²) in [6.07, 6.45) is 15.8. The van der Waals surface area contributed by atoms with Gasteiger partial charge in [0.25, 0.3) is 0 Å². The van der Waals surface area contributed by atoms with Crippen LogP contribution in [0.2, 0.25) is 5.02 Å². The molecule has 0 saturated heterocycles. The molecule has 0 radical (unpaired) electrons. The van der Waals surface area contributed by atoms with Crippen molar-refractivity contribution in [2.24, 2.45) is 0 Å². The second kappa shape index (κ2) is 13.3. The summed E-state index contributed by atoms with van der Waals surface area (Å²) in [4.78, 5) is 11.8. The van der Waals surface area contributed by atoms with Crippen molar-refractivity contribution in [1.29, 1.82) is 0 Å². The number of aliphatic carboxylic acids is 1. The fourth-order valence-corrected chi connectivity index (χ4v) is 5.02. The van der Waals surface area contributed by atoms with E-state index in [4.69, 9.17) is 11.6 Å². The van der Waals surface area contributed by atoms with E-state index in [0.717, 1.165) is 65.8 Å². The summed E-state index contributed by atoms with van der Waals surface area (Å²) in [6, 6.07) is 14.8. The molecule has 2 aromatic rings. The second-order valence-electron chi connectivity index (χ2n) is 9.36. The Labute approximate surface area is 221 Å². The van der Waals surface area contributed by atoms with Crippen molar-refractivity contribution in [3.63, 3.8) is 0 Å². The van der Waals surface area contributed by atoms with E-state index >= 15 is 0 Å². The molecular formula is C33H37ClO2.